The van der Waals surface area contributed by atoms with E-state index in [4.69, 9.17) is 5.73 Å². The molecule has 0 fully saturated rings. The van der Waals surface area contributed by atoms with Crippen molar-refractivity contribution in [2.24, 2.45) is 5.73 Å². The number of benzene rings is 1. The van der Waals surface area contributed by atoms with Gasteiger partial charge in [0, 0.05) is 18.9 Å². The van der Waals surface area contributed by atoms with Gasteiger partial charge in [0.1, 0.15) is 0 Å². The number of hydrogen-bond donors (Lipinski definition) is 2. The molecule has 3 N–H and O–H groups in total. The monoisotopic (exact) mass is 305 g/mol. The van der Waals surface area contributed by atoms with Crippen LogP contribution in [-0.2, 0) is 23.0 Å². The van der Waals surface area contributed by atoms with Crippen LogP contribution in [0.3, 0.4) is 0 Å². The lowest BCUT2D eigenvalue weighted by Gasteiger charge is -2.07. The number of sulfonamides is 1. The Bertz CT molecular complexity index is 655. The molecule has 2 aromatic rings. The fourth-order valence-corrected chi connectivity index (χ4v) is 2.92. The molecule has 1 heterocycles. The topological polar surface area (TPSA) is 85.1 Å². The second-order valence-corrected chi connectivity index (χ2v) is 6.49. The smallest absolute Gasteiger partial charge is 0.240 e. The zero-order valence-corrected chi connectivity index (χ0v) is 12.5. The van der Waals surface area contributed by atoms with Crippen molar-refractivity contribution in [1.29, 1.82) is 0 Å². The van der Waals surface area contributed by atoms with Crippen LogP contribution in [0.1, 0.15) is 17.5 Å². The van der Waals surface area contributed by atoms with Gasteiger partial charge >= 0.3 is 0 Å². The van der Waals surface area contributed by atoms with Crippen molar-refractivity contribution in [1.82, 2.24) is 9.71 Å². The predicted molar refractivity (Wildman–Crippen MR) is 82.1 cm³/mol. The van der Waals surface area contributed by atoms with Crippen molar-refractivity contribution in [3.8, 4) is 0 Å². The minimum Gasteiger partial charge on any atom is -0.330 e. The fraction of sp³-hybridized carbons (Fsp3) is 0.267. The quantitative estimate of drug-likeness (QED) is 0.811. The summed E-state index contributed by atoms with van der Waals surface area (Å²) in [4.78, 5) is 4.22. The molecule has 0 aliphatic heterocycles. The third kappa shape index (κ3) is 4.63. The van der Waals surface area contributed by atoms with Crippen LogP contribution < -0.4 is 10.5 Å². The van der Waals surface area contributed by atoms with Crippen molar-refractivity contribution >= 4 is 10.0 Å². The third-order valence-corrected chi connectivity index (χ3v) is 4.51. The van der Waals surface area contributed by atoms with Gasteiger partial charge in [-0.3, -0.25) is 4.98 Å². The standard InChI is InChI=1S/C15H19N3O2S/c16-9-1-3-13-5-7-15(8-6-13)21(19,20)18-12-14-4-2-10-17-11-14/h2,4-8,10-11,18H,1,3,9,12,16H2. The number of nitrogens with zero attached hydrogens (tertiary/aromatic N) is 1. The van der Waals surface area contributed by atoms with Gasteiger partial charge in [-0.1, -0.05) is 18.2 Å². The van der Waals surface area contributed by atoms with Crippen LogP contribution in [0.2, 0.25) is 0 Å². The van der Waals surface area contributed by atoms with Gasteiger partial charge in [0.25, 0.3) is 0 Å². The molecule has 0 amide bonds. The van der Waals surface area contributed by atoms with Gasteiger partial charge in [-0.25, -0.2) is 13.1 Å². The van der Waals surface area contributed by atoms with Gasteiger partial charge in [0.05, 0.1) is 4.90 Å². The molecule has 0 unspecified atom stereocenters. The van der Waals surface area contributed by atoms with Gasteiger partial charge in [-0.2, -0.15) is 0 Å². The van der Waals surface area contributed by atoms with E-state index >= 15 is 0 Å². The van der Waals surface area contributed by atoms with E-state index in [-0.39, 0.29) is 11.4 Å². The highest BCUT2D eigenvalue weighted by atomic mass is 32.2. The van der Waals surface area contributed by atoms with Crippen molar-refractivity contribution in [2.75, 3.05) is 6.54 Å². The zero-order valence-electron chi connectivity index (χ0n) is 11.7. The average molecular weight is 305 g/mol. The van der Waals surface area contributed by atoms with E-state index in [1.54, 1.807) is 30.6 Å². The Balaban J connectivity index is 2.02. The third-order valence-electron chi connectivity index (χ3n) is 3.09. The number of rotatable bonds is 7. The SMILES string of the molecule is NCCCc1ccc(S(=O)(=O)NCc2cccnc2)cc1. The maximum atomic E-state index is 12.2. The molecule has 112 valence electrons. The molecular formula is C15H19N3O2S. The van der Waals surface area contributed by atoms with Crippen LogP contribution in [0.25, 0.3) is 0 Å². The molecule has 0 saturated carbocycles. The van der Waals surface area contributed by atoms with Crippen molar-refractivity contribution in [2.45, 2.75) is 24.3 Å². The number of aromatic nitrogens is 1. The van der Waals surface area contributed by atoms with E-state index < -0.39 is 10.0 Å². The van der Waals surface area contributed by atoms with Crippen LogP contribution in [0, 0.1) is 0 Å². The van der Waals surface area contributed by atoms with E-state index in [9.17, 15) is 8.42 Å². The van der Waals surface area contributed by atoms with Crippen molar-refractivity contribution < 1.29 is 8.42 Å². The summed E-state index contributed by atoms with van der Waals surface area (Å²) in [6.07, 6.45) is 5.04. The normalized spacial score (nSPS) is 11.5. The van der Waals surface area contributed by atoms with E-state index in [1.165, 1.54) is 0 Å². The van der Waals surface area contributed by atoms with Gasteiger partial charge in [-0.05, 0) is 48.7 Å². The lowest BCUT2D eigenvalue weighted by molar-refractivity contribution is 0.581. The number of nitrogens with one attached hydrogen (secondary N) is 1. The Hall–Kier alpha value is -1.76. The summed E-state index contributed by atoms with van der Waals surface area (Å²) in [7, 11) is -3.50. The molecule has 1 aromatic carbocycles. The van der Waals surface area contributed by atoms with E-state index in [2.05, 4.69) is 9.71 Å². The zero-order chi connectivity index (χ0) is 15.1. The number of pyridine rings is 1. The van der Waals surface area contributed by atoms with Gasteiger partial charge < -0.3 is 5.73 Å². The summed E-state index contributed by atoms with van der Waals surface area (Å²) in [5, 5.41) is 0. The van der Waals surface area contributed by atoms with E-state index in [0.29, 0.717) is 6.54 Å². The summed E-state index contributed by atoms with van der Waals surface area (Å²) in [6.45, 7) is 0.859. The maximum Gasteiger partial charge on any atom is 0.240 e. The highest BCUT2D eigenvalue weighted by molar-refractivity contribution is 7.89. The number of nitrogens with two attached hydrogens (primary N) is 1. The fourth-order valence-electron chi connectivity index (χ4n) is 1.91. The van der Waals surface area contributed by atoms with Crippen molar-refractivity contribution in [3.63, 3.8) is 0 Å². The summed E-state index contributed by atoms with van der Waals surface area (Å²) >= 11 is 0. The largest absolute Gasteiger partial charge is 0.330 e. The Morgan fingerprint density at radius 2 is 1.86 bits per heavy atom. The highest BCUT2D eigenvalue weighted by Gasteiger charge is 2.13. The molecule has 5 nitrogen and oxygen atoms in total. The van der Waals surface area contributed by atoms with Gasteiger partial charge in [0.2, 0.25) is 10.0 Å². The Morgan fingerprint density at radius 1 is 1.10 bits per heavy atom. The van der Waals surface area contributed by atoms with Crippen LogP contribution >= 0.6 is 0 Å². The number of aryl methyl sites for hydroxylation is 1. The second-order valence-electron chi connectivity index (χ2n) is 4.72. The first kappa shape index (κ1) is 15.6. The minimum absolute atomic E-state index is 0.227. The molecule has 0 radical (unpaired) electrons. The maximum absolute atomic E-state index is 12.2. The molecule has 0 aliphatic carbocycles. The Kier molecular flexibility index (Phi) is 5.44. The first-order chi connectivity index (χ1) is 10.1. The lowest BCUT2D eigenvalue weighted by Crippen LogP contribution is -2.23. The predicted octanol–water partition coefficient (Wildman–Crippen LogP) is 1.45. The first-order valence-electron chi connectivity index (χ1n) is 6.79. The molecule has 0 bridgehead atoms. The molecule has 0 aliphatic rings. The number of hydrogen-bond acceptors (Lipinski definition) is 4. The second kappa shape index (κ2) is 7.31. The summed E-state index contributed by atoms with van der Waals surface area (Å²) in [5.74, 6) is 0. The molecular weight excluding hydrogens is 286 g/mol. The van der Waals surface area contributed by atoms with Gasteiger partial charge in [0.15, 0.2) is 0 Å². The van der Waals surface area contributed by atoms with Crippen molar-refractivity contribution in [3.05, 3.63) is 59.9 Å². The van der Waals surface area contributed by atoms with Crippen LogP contribution in [0.5, 0.6) is 0 Å². The Morgan fingerprint density at radius 3 is 2.48 bits per heavy atom. The molecule has 2 rings (SSSR count). The lowest BCUT2D eigenvalue weighted by atomic mass is 10.1. The minimum atomic E-state index is -3.50. The van der Waals surface area contributed by atoms with Crippen LogP contribution in [0.4, 0.5) is 0 Å². The molecule has 0 atom stereocenters. The molecule has 21 heavy (non-hydrogen) atoms. The molecule has 0 saturated heterocycles. The average Bonchev–Trinajstić information content (AvgIpc) is 2.52. The summed E-state index contributed by atoms with van der Waals surface area (Å²) in [6, 6.07) is 10.5. The highest BCUT2D eigenvalue weighted by Crippen LogP contribution is 2.12. The van der Waals surface area contributed by atoms with E-state index in [0.717, 1.165) is 24.0 Å². The van der Waals surface area contributed by atoms with Crippen LogP contribution in [0.15, 0.2) is 53.7 Å². The van der Waals surface area contributed by atoms with Crippen LogP contribution in [-0.4, -0.2) is 19.9 Å². The Labute approximate surface area is 125 Å². The molecule has 1 aromatic heterocycles. The summed E-state index contributed by atoms with van der Waals surface area (Å²) < 4.78 is 26.9. The first-order valence-corrected chi connectivity index (χ1v) is 8.28. The van der Waals surface area contributed by atoms with Gasteiger partial charge in [-0.15, -0.1) is 0 Å². The molecule has 6 heteroatoms. The summed E-state index contributed by atoms with van der Waals surface area (Å²) in [5.41, 5.74) is 7.37. The van der Waals surface area contributed by atoms with E-state index in [1.807, 2.05) is 18.2 Å². The molecule has 0 spiro atoms.